The number of aliphatic hydroxyl groups excluding tert-OH is 1. The average Bonchev–Trinajstić information content (AvgIpc) is 2.50. The van der Waals surface area contributed by atoms with Gasteiger partial charge in [-0.3, -0.25) is 4.79 Å². The summed E-state index contributed by atoms with van der Waals surface area (Å²) in [4.78, 5) is 26.0. The number of rotatable bonds is 4. The number of carbonyl (C=O) groups is 2. The number of carbonyl (C=O) groups excluding carboxylic acids is 2. The number of allylic oxidation sites excluding steroid dienone is 1. The van der Waals surface area contributed by atoms with Gasteiger partial charge in [0.15, 0.2) is 0 Å². The molecule has 1 aliphatic heterocycles. The second-order valence-electron chi connectivity index (χ2n) is 6.72. The first-order valence-corrected chi connectivity index (χ1v) is 7.75. The van der Waals surface area contributed by atoms with Crippen molar-refractivity contribution >= 4 is 12.0 Å². The lowest BCUT2D eigenvalue weighted by Crippen LogP contribution is -2.66. The van der Waals surface area contributed by atoms with Crippen LogP contribution < -0.4 is 5.32 Å². The van der Waals surface area contributed by atoms with Crippen LogP contribution in [0.15, 0.2) is 11.6 Å². The van der Waals surface area contributed by atoms with E-state index in [-0.39, 0.29) is 25.7 Å². The van der Waals surface area contributed by atoms with E-state index in [1.807, 2.05) is 0 Å². The number of morpholine rings is 1. The number of nitrogens with one attached hydrogen (secondary N) is 1. The summed E-state index contributed by atoms with van der Waals surface area (Å²) >= 11 is 0. The van der Waals surface area contributed by atoms with Crippen LogP contribution in [0.5, 0.6) is 0 Å². The smallest absolute Gasteiger partial charge is 0.407 e. The first kappa shape index (κ1) is 19.4. The zero-order valence-electron chi connectivity index (χ0n) is 14.6. The molecule has 1 aliphatic rings. The molecule has 0 spiro atoms. The molecule has 2 amide bonds. The third kappa shape index (κ3) is 5.21. The van der Waals surface area contributed by atoms with Gasteiger partial charge >= 0.3 is 6.09 Å². The fourth-order valence-corrected chi connectivity index (χ4v) is 2.27. The van der Waals surface area contributed by atoms with Gasteiger partial charge in [-0.05, 0) is 34.6 Å². The molecule has 1 saturated heterocycles. The number of alkyl carbamates (subject to hydrolysis) is 1. The van der Waals surface area contributed by atoms with Crippen molar-refractivity contribution in [3.8, 4) is 0 Å². The SMILES string of the molecule is CC=C(C)C(=O)N1CCOC[C@@]1(CO)CNC(=O)OC(C)(C)C. The minimum Gasteiger partial charge on any atom is -0.444 e. The van der Waals surface area contributed by atoms with Crippen LogP contribution in [0.1, 0.15) is 34.6 Å². The van der Waals surface area contributed by atoms with Crippen molar-refractivity contribution in [3.05, 3.63) is 11.6 Å². The summed E-state index contributed by atoms with van der Waals surface area (Å²) in [6, 6.07) is 0. The maximum absolute atomic E-state index is 12.5. The molecule has 0 radical (unpaired) electrons. The topological polar surface area (TPSA) is 88.1 Å². The summed E-state index contributed by atoms with van der Waals surface area (Å²) in [5.74, 6) is -0.171. The van der Waals surface area contributed by atoms with Gasteiger partial charge in [-0.1, -0.05) is 6.08 Å². The molecule has 7 nitrogen and oxygen atoms in total. The summed E-state index contributed by atoms with van der Waals surface area (Å²) in [5, 5.41) is 12.5. The van der Waals surface area contributed by atoms with E-state index in [0.717, 1.165) is 0 Å². The molecule has 0 aromatic heterocycles. The Morgan fingerprint density at radius 1 is 1.43 bits per heavy atom. The molecule has 0 aromatic carbocycles. The van der Waals surface area contributed by atoms with Gasteiger partial charge in [0, 0.05) is 18.7 Å². The first-order valence-electron chi connectivity index (χ1n) is 7.75. The van der Waals surface area contributed by atoms with Crippen LogP contribution in [-0.2, 0) is 14.3 Å². The molecule has 0 aromatic rings. The molecule has 2 N–H and O–H groups in total. The molecule has 1 rings (SSSR count). The van der Waals surface area contributed by atoms with Gasteiger partial charge in [0.2, 0.25) is 5.91 Å². The molecule has 0 aliphatic carbocycles. The molecule has 0 unspecified atom stereocenters. The molecule has 0 saturated carbocycles. The van der Waals surface area contributed by atoms with Crippen LogP contribution in [0, 0.1) is 0 Å². The number of hydrogen-bond donors (Lipinski definition) is 2. The van der Waals surface area contributed by atoms with Gasteiger partial charge in [0.1, 0.15) is 11.1 Å². The summed E-state index contributed by atoms with van der Waals surface area (Å²) < 4.78 is 10.6. The lowest BCUT2D eigenvalue weighted by atomic mass is 9.96. The fourth-order valence-electron chi connectivity index (χ4n) is 2.27. The maximum atomic E-state index is 12.5. The van der Waals surface area contributed by atoms with Crippen molar-refractivity contribution in [2.75, 3.05) is 32.9 Å². The Labute approximate surface area is 137 Å². The normalized spacial score (nSPS) is 22.7. The molecule has 132 valence electrons. The van der Waals surface area contributed by atoms with E-state index >= 15 is 0 Å². The Kier molecular flexibility index (Phi) is 6.58. The predicted octanol–water partition coefficient (Wildman–Crippen LogP) is 1.07. The van der Waals surface area contributed by atoms with Crippen molar-refractivity contribution in [2.24, 2.45) is 0 Å². The zero-order chi connectivity index (χ0) is 17.7. The minimum absolute atomic E-state index is 0.0567. The highest BCUT2D eigenvalue weighted by Gasteiger charge is 2.42. The third-order valence-corrected chi connectivity index (χ3v) is 3.67. The van der Waals surface area contributed by atoms with E-state index in [1.165, 1.54) is 0 Å². The highest BCUT2D eigenvalue weighted by atomic mass is 16.6. The van der Waals surface area contributed by atoms with Crippen molar-refractivity contribution < 1.29 is 24.2 Å². The van der Waals surface area contributed by atoms with Gasteiger partial charge in [0.05, 0.1) is 19.8 Å². The summed E-state index contributed by atoms with van der Waals surface area (Å²) in [6.45, 7) is 9.47. The van der Waals surface area contributed by atoms with Crippen molar-refractivity contribution in [2.45, 2.75) is 45.8 Å². The zero-order valence-corrected chi connectivity index (χ0v) is 14.6. The van der Waals surface area contributed by atoms with E-state index in [2.05, 4.69) is 5.32 Å². The number of aliphatic hydroxyl groups is 1. The van der Waals surface area contributed by atoms with Gasteiger partial charge in [0.25, 0.3) is 0 Å². The Balaban J connectivity index is 2.86. The largest absolute Gasteiger partial charge is 0.444 e. The lowest BCUT2D eigenvalue weighted by Gasteiger charge is -2.46. The van der Waals surface area contributed by atoms with Gasteiger partial charge < -0.3 is 24.8 Å². The maximum Gasteiger partial charge on any atom is 0.407 e. The number of ether oxygens (including phenoxy) is 2. The molecule has 7 heteroatoms. The van der Waals surface area contributed by atoms with Gasteiger partial charge in [-0.15, -0.1) is 0 Å². The van der Waals surface area contributed by atoms with Crippen molar-refractivity contribution in [1.29, 1.82) is 0 Å². The second kappa shape index (κ2) is 7.79. The number of hydrogen-bond acceptors (Lipinski definition) is 5. The Bertz CT molecular complexity index is 470. The third-order valence-electron chi connectivity index (χ3n) is 3.67. The van der Waals surface area contributed by atoms with E-state index in [4.69, 9.17) is 9.47 Å². The number of amides is 2. The lowest BCUT2D eigenvalue weighted by molar-refractivity contribution is -0.149. The standard InChI is InChI=1S/C16H28N2O5/c1-6-12(2)13(20)18-7-8-22-11-16(18,10-19)9-17-14(21)23-15(3,4)5/h6,19H,7-11H2,1-5H3,(H,17,21)/t16-/m0/s1. The van der Waals surface area contributed by atoms with E-state index < -0.39 is 17.2 Å². The first-order chi connectivity index (χ1) is 10.6. The predicted molar refractivity (Wildman–Crippen MR) is 86.0 cm³/mol. The van der Waals surface area contributed by atoms with Crippen LogP contribution in [0.25, 0.3) is 0 Å². The van der Waals surface area contributed by atoms with Crippen molar-refractivity contribution in [1.82, 2.24) is 10.2 Å². The monoisotopic (exact) mass is 328 g/mol. The Morgan fingerprint density at radius 3 is 2.61 bits per heavy atom. The minimum atomic E-state index is -0.990. The highest BCUT2D eigenvalue weighted by molar-refractivity contribution is 5.93. The van der Waals surface area contributed by atoms with Crippen LogP contribution in [0.3, 0.4) is 0 Å². The Hall–Kier alpha value is -1.60. The molecular formula is C16H28N2O5. The Morgan fingerprint density at radius 2 is 2.09 bits per heavy atom. The fraction of sp³-hybridized carbons (Fsp3) is 0.750. The quantitative estimate of drug-likeness (QED) is 0.754. The second-order valence-corrected chi connectivity index (χ2v) is 6.72. The van der Waals surface area contributed by atoms with Gasteiger partial charge in [-0.25, -0.2) is 4.79 Å². The molecular weight excluding hydrogens is 300 g/mol. The molecule has 1 atom stereocenters. The highest BCUT2D eigenvalue weighted by Crippen LogP contribution is 2.22. The molecule has 0 bridgehead atoms. The average molecular weight is 328 g/mol. The van der Waals surface area contributed by atoms with Gasteiger partial charge in [-0.2, -0.15) is 0 Å². The molecule has 1 fully saturated rings. The summed E-state index contributed by atoms with van der Waals surface area (Å²) in [6.07, 6.45) is 1.13. The van der Waals surface area contributed by atoms with E-state index in [0.29, 0.717) is 18.7 Å². The summed E-state index contributed by atoms with van der Waals surface area (Å²) in [7, 11) is 0. The van der Waals surface area contributed by atoms with Crippen LogP contribution in [0.2, 0.25) is 0 Å². The molecule has 23 heavy (non-hydrogen) atoms. The van der Waals surface area contributed by atoms with Crippen LogP contribution in [0.4, 0.5) is 4.79 Å². The van der Waals surface area contributed by atoms with Crippen LogP contribution in [-0.4, -0.2) is 66.1 Å². The van der Waals surface area contributed by atoms with Crippen molar-refractivity contribution in [3.63, 3.8) is 0 Å². The van der Waals surface area contributed by atoms with E-state index in [1.54, 1.807) is 45.6 Å². The van der Waals surface area contributed by atoms with Crippen LogP contribution >= 0.6 is 0 Å². The number of nitrogens with zero attached hydrogens (tertiary/aromatic N) is 1. The molecule has 1 heterocycles. The summed E-state index contributed by atoms with van der Waals surface area (Å²) in [5.41, 5.74) is -1.02. The van der Waals surface area contributed by atoms with E-state index in [9.17, 15) is 14.7 Å².